The molecule has 0 aromatic heterocycles. The summed E-state index contributed by atoms with van der Waals surface area (Å²) in [4.78, 5) is 0.345. The van der Waals surface area contributed by atoms with Crippen molar-refractivity contribution in [2.24, 2.45) is 0 Å². The molecule has 7 heteroatoms. The lowest BCUT2D eigenvalue weighted by Gasteiger charge is -2.29. The standard InChI is InChI=1S/C17H27NO4S2/c1-6-8-18(16-7-9-23(19,20)11-16)24(21,22)17-14(4)12(2)10-13(3)15(17)5/h10,16H,6-9,11H2,1-5H3/t16-/m0/s1. The highest BCUT2D eigenvalue weighted by atomic mass is 32.2. The van der Waals surface area contributed by atoms with Crippen molar-refractivity contribution in [1.82, 2.24) is 4.31 Å². The molecule has 1 aliphatic rings. The second kappa shape index (κ2) is 6.77. The smallest absolute Gasteiger partial charge is 0.229 e. The molecule has 0 unspecified atom stereocenters. The van der Waals surface area contributed by atoms with Gasteiger partial charge >= 0.3 is 0 Å². The molecule has 1 fully saturated rings. The van der Waals surface area contributed by atoms with Crippen LogP contribution in [0, 0.1) is 27.7 Å². The fourth-order valence-electron chi connectivity index (χ4n) is 3.41. The van der Waals surface area contributed by atoms with E-state index < -0.39 is 25.9 Å². The van der Waals surface area contributed by atoms with Crippen LogP contribution in [-0.4, -0.2) is 45.2 Å². The van der Waals surface area contributed by atoms with Crippen molar-refractivity contribution in [3.05, 3.63) is 28.3 Å². The van der Waals surface area contributed by atoms with E-state index in [2.05, 4.69) is 0 Å². The van der Waals surface area contributed by atoms with Crippen molar-refractivity contribution in [3.63, 3.8) is 0 Å². The molecule has 0 saturated carbocycles. The molecule has 0 N–H and O–H groups in total. The summed E-state index contributed by atoms with van der Waals surface area (Å²) in [5, 5.41) is 0. The summed E-state index contributed by atoms with van der Waals surface area (Å²) in [5.74, 6) is -0.00661. The van der Waals surface area contributed by atoms with Crippen molar-refractivity contribution in [2.45, 2.75) is 58.4 Å². The van der Waals surface area contributed by atoms with E-state index in [4.69, 9.17) is 0 Å². The molecule has 1 heterocycles. The molecule has 0 amide bonds. The highest BCUT2D eigenvalue weighted by molar-refractivity contribution is 7.92. The van der Waals surface area contributed by atoms with Crippen molar-refractivity contribution < 1.29 is 16.8 Å². The molecular formula is C17H27NO4S2. The summed E-state index contributed by atoms with van der Waals surface area (Å²) in [6, 6.07) is 1.54. The molecule has 1 aromatic carbocycles. The second-order valence-electron chi connectivity index (χ2n) is 6.76. The number of hydrogen-bond acceptors (Lipinski definition) is 4. The minimum Gasteiger partial charge on any atom is -0.229 e. The van der Waals surface area contributed by atoms with Gasteiger partial charge in [-0.3, -0.25) is 0 Å². The van der Waals surface area contributed by atoms with Crippen molar-refractivity contribution >= 4 is 19.9 Å². The lowest BCUT2D eigenvalue weighted by molar-refractivity contribution is 0.340. The molecule has 0 bridgehead atoms. The van der Waals surface area contributed by atoms with Gasteiger partial charge < -0.3 is 0 Å². The molecule has 5 nitrogen and oxygen atoms in total. The van der Waals surface area contributed by atoms with Crippen LogP contribution in [0.1, 0.15) is 42.0 Å². The third-order valence-corrected chi connectivity index (χ3v) is 8.90. The van der Waals surface area contributed by atoms with Gasteiger partial charge in [-0.1, -0.05) is 13.0 Å². The number of benzene rings is 1. The fourth-order valence-corrected chi connectivity index (χ4v) is 7.56. The quantitative estimate of drug-likeness (QED) is 0.795. The molecule has 2 rings (SSSR count). The van der Waals surface area contributed by atoms with Gasteiger partial charge in [0.15, 0.2) is 9.84 Å². The van der Waals surface area contributed by atoms with Crippen molar-refractivity contribution in [3.8, 4) is 0 Å². The normalized spacial score (nSPS) is 20.7. The zero-order chi connectivity index (χ0) is 18.3. The molecule has 136 valence electrons. The van der Waals surface area contributed by atoms with Crippen LogP contribution in [0.2, 0.25) is 0 Å². The first-order valence-electron chi connectivity index (χ1n) is 8.31. The molecular weight excluding hydrogens is 346 g/mol. The highest BCUT2D eigenvalue weighted by Gasteiger charge is 2.39. The molecule has 1 aliphatic heterocycles. The Labute approximate surface area is 146 Å². The lowest BCUT2D eigenvalue weighted by atomic mass is 10.0. The Morgan fingerprint density at radius 1 is 1.12 bits per heavy atom. The van der Waals surface area contributed by atoms with Gasteiger partial charge in [0, 0.05) is 12.6 Å². The first kappa shape index (κ1) is 19.4. The monoisotopic (exact) mass is 373 g/mol. The second-order valence-corrected chi connectivity index (χ2v) is 10.8. The highest BCUT2D eigenvalue weighted by Crippen LogP contribution is 2.31. The number of sulfone groups is 1. The first-order chi connectivity index (χ1) is 11.0. The van der Waals surface area contributed by atoms with E-state index in [0.29, 0.717) is 24.3 Å². The van der Waals surface area contributed by atoms with Gasteiger partial charge in [-0.15, -0.1) is 0 Å². The van der Waals surface area contributed by atoms with Crippen molar-refractivity contribution in [1.29, 1.82) is 0 Å². The summed E-state index contributed by atoms with van der Waals surface area (Å²) in [5.41, 5.74) is 3.37. The molecule has 0 aliphatic carbocycles. The third-order valence-electron chi connectivity index (χ3n) is 4.92. The number of hydrogen-bond donors (Lipinski definition) is 0. The van der Waals surface area contributed by atoms with Crippen LogP contribution in [0.5, 0.6) is 0 Å². The minimum absolute atomic E-state index is 0.0677. The number of aryl methyl sites for hydroxylation is 2. The Hall–Kier alpha value is -0.920. The summed E-state index contributed by atoms with van der Waals surface area (Å²) >= 11 is 0. The molecule has 0 spiro atoms. The van der Waals surface area contributed by atoms with Crippen molar-refractivity contribution in [2.75, 3.05) is 18.1 Å². The van der Waals surface area contributed by atoms with E-state index >= 15 is 0 Å². The van der Waals surface area contributed by atoms with E-state index in [1.54, 1.807) is 0 Å². The van der Waals surface area contributed by atoms with Crippen LogP contribution in [-0.2, 0) is 19.9 Å². The van der Waals surface area contributed by atoms with Crippen LogP contribution < -0.4 is 0 Å². The number of rotatable bonds is 5. The average Bonchev–Trinajstić information content (AvgIpc) is 2.82. The summed E-state index contributed by atoms with van der Waals surface area (Å²) in [6.07, 6.45) is 1.03. The summed E-state index contributed by atoms with van der Waals surface area (Å²) < 4.78 is 51.9. The van der Waals surface area contributed by atoms with Gasteiger partial charge in [-0.25, -0.2) is 16.8 Å². The van der Waals surface area contributed by atoms with E-state index in [1.807, 2.05) is 40.7 Å². The van der Waals surface area contributed by atoms with Gasteiger partial charge in [-0.05, 0) is 62.8 Å². The Morgan fingerprint density at radius 3 is 2.08 bits per heavy atom. The SMILES string of the molecule is CCCN([C@H]1CCS(=O)(=O)C1)S(=O)(=O)c1c(C)c(C)cc(C)c1C. The van der Waals surface area contributed by atoms with Crippen LogP contribution in [0.15, 0.2) is 11.0 Å². The average molecular weight is 374 g/mol. The van der Waals surface area contributed by atoms with Gasteiger partial charge in [0.1, 0.15) is 0 Å². The maximum atomic E-state index is 13.4. The van der Waals surface area contributed by atoms with Gasteiger partial charge in [-0.2, -0.15) is 4.31 Å². The zero-order valence-corrected chi connectivity index (χ0v) is 16.7. The first-order valence-corrected chi connectivity index (χ1v) is 11.6. The number of sulfonamides is 1. The van der Waals surface area contributed by atoms with Gasteiger partial charge in [0.2, 0.25) is 10.0 Å². The maximum Gasteiger partial charge on any atom is 0.243 e. The topological polar surface area (TPSA) is 71.5 Å². The van der Waals surface area contributed by atoms with E-state index in [1.165, 1.54) is 4.31 Å². The van der Waals surface area contributed by atoms with Crippen LogP contribution >= 0.6 is 0 Å². The van der Waals surface area contributed by atoms with E-state index in [-0.39, 0.29) is 11.5 Å². The molecule has 24 heavy (non-hydrogen) atoms. The fraction of sp³-hybridized carbons (Fsp3) is 0.647. The predicted molar refractivity (Wildman–Crippen MR) is 96.6 cm³/mol. The molecule has 0 radical (unpaired) electrons. The van der Waals surface area contributed by atoms with E-state index in [0.717, 1.165) is 22.3 Å². The molecule has 1 aromatic rings. The van der Waals surface area contributed by atoms with Crippen LogP contribution in [0.3, 0.4) is 0 Å². The van der Waals surface area contributed by atoms with Crippen LogP contribution in [0.25, 0.3) is 0 Å². The number of nitrogens with zero attached hydrogens (tertiary/aromatic N) is 1. The molecule has 1 atom stereocenters. The predicted octanol–water partition coefficient (Wildman–Crippen LogP) is 2.51. The Morgan fingerprint density at radius 2 is 1.67 bits per heavy atom. The zero-order valence-electron chi connectivity index (χ0n) is 15.1. The van der Waals surface area contributed by atoms with Gasteiger partial charge in [0.05, 0.1) is 16.4 Å². The maximum absolute atomic E-state index is 13.4. The minimum atomic E-state index is -3.73. The lowest BCUT2D eigenvalue weighted by Crippen LogP contribution is -2.42. The van der Waals surface area contributed by atoms with Gasteiger partial charge in [0.25, 0.3) is 0 Å². The van der Waals surface area contributed by atoms with Crippen LogP contribution in [0.4, 0.5) is 0 Å². The Kier molecular flexibility index (Phi) is 5.47. The summed E-state index contributed by atoms with van der Waals surface area (Å²) in [6.45, 7) is 9.71. The molecule has 1 saturated heterocycles. The van der Waals surface area contributed by atoms with E-state index in [9.17, 15) is 16.8 Å². The summed E-state index contributed by atoms with van der Waals surface area (Å²) in [7, 11) is -6.88. The Balaban J connectivity index is 2.59. The Bertz CT molecular complexity index is 816. The third kappa shape index (κ3) is 3.53. The largest absolute Gasteiger partial charge is 0.243 e.